The molecule has 1 aliphatic carbocycles. The Hall–Kier alpha value is -1.10. The summed E-state index contributed by atoms with van der Waals surface area (Å²) in [4.78, 5) is 23.7. The maximum Gasteiger partial charge on any atom is 0.329 e. The predicted molar refractivity (Wildman–Crippen MR) is 69.0 cm³/mol. The molecule has 0 aromatic rings. The van der Waals surface area contributed by atoms with Gasteiger partial charge in [-0.25, -0.2) is 4.79 Å². The Kier molecular flexibility index (Phi) is 4.37. The number of carbonyl (C=O) groups is 2. The lowest BCUT2D eigenvalue weighted by Crippen LogP contribution is -2.59. The largest absolute Gasteiger partial charge is 0.480 e. The molecule has 1 fully saturated rings. The highest BCUT2D eigenvalue weighted by Crippen LogP contribution is 2.37. The zero-order valence-corrected chi connectivity index (χ0v) is 11.5. The third-order valence-electron chi connectivity index (χ3n) is 4.52. The van der Waals surface area contributed by atoms with E-state index in [4.69, 9.17) is 5.73 Å². The second kappa shape index (κ2) is 5.26. The first-order chi connectivity index (χ1) is 8.32. The molecular formula is C13H24N2O3. The van der Waals surface area contributed by atoms with E-state index in [0.29, 0.717) is 12.8 Å². The minimum Gasteiger partial charge on any atom is -0.480 e. The molecule has 1 saturated carbocycles. The molecule has 1 rings (SSSR count). The zero-order chi connectivity index (χ0) is 14.0. The fraction of sp³-hybridized carbons (Fsp3) is 0.846. The van der Waals surface area contributed by atoms with Crippen LogP contribution in [0, 0.1) is 5.41 Å². The van der Waals surface area contributed by atoms with Gasteiger partial charge in [0.15, 0.2) is 0 Å². The third kappa shape index (κ3) is 2.36. The second-order valence-electron chi connectivity index (χ2n) is 5.46. The molecule has 2 unspecified atom stereocenters. The Morgan fingerprint density at radius 3 is 2.33 bits per heavy atom. The van der Waals surface area contributed by atoms with E-state index in [2.05, 4.69) is 5.32 Å². The van der Waals surface area contributed by atoms with Gasteiger partial charge in [0.1, 0.15) is 5.54 Å². The molecule has 5 heteroatoms. The second-order valence-corrected chi connectivity index (χ2v) is 5.46. The standard InChI is InChI=1S/C13H24N2O3/c1-4-13(5-2,11(17)18)15-10(16)12(3)8-6-7-9(12)14/h9H,4-8,14H2,1-3H3,(H,15,16)(H,17,18). The van der Waals surface area contributed by atoms with Crippen molar-refractivity contribution < 1.29 is 14.7 Å². The Morgan fingerprint density at radius 2 is 2.00 bits per heavy atom. The van der Waals surface area contributed by atoms with Crippen molar-refractivity contribution >= 4 is 11.9 Å². The molecule has 0 bridgehead atoms. The molecule has 4 N–H and O–H groups in total. The average molecular weight is 256 g/mol. The van der Waals surface area contributed by atoms with Crippen molar-refractivity contribution in [3.8, 4) is 0 Å². The lowest BCUT2D eigenvalue weighted by atomic mass is 9.82. The summed E-state index contributed by atoms with van der Waals surface area (Å²) in [6.45, 7) is 5.38. The molecule has 0 radical (unpaired) electrons. The van der Waals surface area contributed by atoms with Gasteiger partial charge in [-0.15, -0.1) is 0 Å². The van der Waals surface area contributed by atoms with E-state index < -0.39 is 16.9 Å². The van der Waals surface area contributed by atoms with E-state index in [1.807, 2.05) is 6.92 Å². The quantitative estimate of drug-likeness (QED) is 0.690. The number of nitrogens with two attached hydrogens (primary N) is 1. The van der Waals surface area contributed by atoms with Gasteiger partial charge in [-0.05, 0) is 32.6 Å². The van der Waals surface area contributed by atoms with Crippen LogP contribution >= 0.6 is 0 Å². The van der Waals surface area contributed by atoms with Crippen LogP contribution in [0.4, 0.5) is 0 Å². The van der Waals surface area contributed by atoms with Gasteiger partial charge in [-0.3, -0.25) is 4.79 Å². The summed E-state index contributed by atoms with van der Waals surface area (Å²) in [5.41, 5.74) is 4.19. The average Bonchev–Trinajstić information content (AvgIpc) is 2.67. The zero-order valence-electron chi connectivity index (χ0n) is 11.5. The van der Waals surface area contributed by atoms with Crippen molar-refractivity contribution in [2.24, 2.45) is 11.1 Å². The Balaban J connectivity index is 2.89. The van der Waals surface area contributed by atoms with Gasteiger partial charge < -0.3 is 16.2 Å². The van der Waals surface area contributed by atoms with Crippen molar-refractivity contribution in [2.45, 2.75) is 64.5 Å². The Morgan fingerprint density at radius 1 is 1.44 bits per heavy atom. The van der Waals surface area contributed by atoms with E-state index in [1.165, 1.54) is 0 Å². The smallest absolute Gasteiger partial charge is 0.329 e. The Bertz CT molecular complexity index is 339. The first-order valence-corrected chi connectivity index (χ1v) is 6.64. The molecule has 0 aromatic heterocycles. The maximum atomic E-state index is 12.4. The predicted octanol–water partition coefficient (Wildman–Crippen LogP) is 1.26. The highest BCUT2D eigenvalue weighted by molar-refractivity contribution is 5.90. The van der Waals surface area contributed by atoms with Crippen LogP contribution in [0.2, 0.25) is 0 Å². The number of carbonyl (C=O) groups excluding carboxylic acids is 1. The summed E-state index contributed by atoms with van der Waals surface area (Å²) in [6.07, 6.45) is 3.21. The molecule has 0 aromatic carbocycles. The minimum absolute atomic E-state index is 0.183. The molecule has 0 saturated heterocycles. The van der Waals surface area contributed by atoms with E-state index in [1.54, 1.807) is 13.8 Å². The minimum atomic E-state index is -1.16. The van der Waals surface area contributed by atoms with Gasteiger partial charge >= 0.3 is 5.97 Å². The first-order valence-electron chi connectivity index (χ1n) is 6.64. The van der Waals surface area contributed by atoms with E-state index in [0.717, 1.165) is 19.3 Å². The van der Waals surface area contributed by atoms with Crippen LogP contribution < -0.4 is 11.1 Å². The lowest BCUT2D eigenvalue weighted by molar-refractivity contribution is -0.150. The SMILES string of the molecule is CCC(CC)(NC(=O)C1(C)CCCC1N)C(=O)O. The van der Waals surface area contributed by atoms with E-state index >= 15 is 0 Å². The summed E-state index contributed by atoms with van der Waals surface area (Å²) in [7, 11) is 0. The van der Waals surface area contributed by atoms with Crippen LogP contribution in [-0.2, 0) is 9.59 Å². The van der Waals surface area contributed by atoms with Crippen LogP contribution in [0.3, 0.4) is 0 Å². The number of aliphatic carboxylic acids is 1. The molecule has 0 spiro atoms. The normalized spacial score (nSPS) is 28.1. The Labute approximate surface area is 108 Å². The fourth-order valence-corrected chi connectivity index (χ4v) is 2.62. The molecule has 1 amide bonds. The van der Waals surface area contributed by atoms with E-state index in [-0.39, 0.29) is 11.9 Å². The van der Waals surface area contributed by atoms with Gasteiger partial charge in [-0.1, -0.05) is 20.3 Å². The number of hydrogen-bond acceptors (Lipinski definition) is 3. The molecule has 0 aliphatic heterocycles. The van der Waals surface area contributed by atoms with Crippen LogP contribution in [0.1, 0.15) is 52.9 Å². The van der Waals surface area contributed by atoms with Crippen molar-refractivity contribution in [3.63, 3.8) is 0 Å². The summed E-state index contributed by atoms with van der Waals surface area (Å²) >= 11 is 0. The number of nitrogens with one attached hydrogen (secondary N) is 1. The summed E-state index contributed by atoms with van der Waals surface area (Å²) in [5, 5.41) is 12.0. The molecular weight excluding hydrogens is 232 g/mol. The molecule has 104 valence electrons. The molecule has 18 heavy (non-hydrogen) atoms. The van der Waals surface area contributed by atoms with Gasteiger partial charge in [0.2, 0.25) is 5.91 Å². The molecule has 2 atom stereocenters. The van der Waals surface area contributed by atoms with Gasteiger partial charge in [-0.2, -0.15) is 0 Å². The van der Waals surface area contributed by atoms with Crippen LogP contribution in [0.15, 0.2) is 0 Å². The van der Waals surface area contributed by atoms with Gasteiger partial charge in [0.25, 0.3) is 0 Å². The molecule has 0 heterocycles. The number of amides is 1. The summed E-state index contributed by atoms with van der Waals surface area (Å²) in [6, 6.07) is -0.183. The molecule has 1 aliphatic rings. The van der Waals surface area contributed by atoms with Gasteiger partial charge in [0, 0.05) is 6.04 Å². The third-order valence-corrected chi connectivity index (χ3v) is 4.52. The highest BCUT2D eigenvalue weighted by atomic mass is 16.4. The number of rotatable bonds is 5. The lowest BCUT2D eigenvalue weighted by Gasteiger charge is -2.34. The molecule has 5 nitrogen and oxygen atoms in total. The topological polar surface area (TPSA) is 92.4 Å². The van der Waals surface area contributed by atoms with Crippen LogP contribution in [0.5, 0.6) is 0 Å². The van der Waals surface area contributed by atoms with Crippen molar-refractivity contribution in [3.05, 3.63) is 0 Å². The van der Waals surface area contributed by atoms with Gasteiger partial charge in [0.05, 0.1) is 5.41 Å². The van der Waals surface area contributed by atoms with Crippen LogP contribution in [-0.4, -0.2) is 28.6 Å². The highest BCUT2D eigenvalue weighted by Gasteiger charge is 2.47. The van der Waals surface area contributed by atoms with Crippen molar-refractivity contribution in [1.29, 1.82) is 0 Å². The maximum absolute atomic E-state index is 12.4. The number of carboxylic acids is 1. The summed E-state index contributed by atoms with van der Waals surface area (Å²) < 4.78 is 0. The monoisotopic (exact) mass is 256 g/mol. The number of hydrogen-bond donors (Lipinski definition) is 3. The van der Waals surface area contributed by atoms with Crippen molar-refractivity contribution in [2.75, 3.05) is 0 Å². The van der Waals surface area contributed by atoms with Crippen molar-refractivity contribution in [1.82, 2.24) is 5.32 Å². The first kappa shape index (κ1) is 15.0. The van der Waals surface area contributed by atoms with E-state index in [9.17, 15) is 14.7 Å². The fourth-order valence-electron chi connectivity index (χ4n) is 2.62. The number of carboxylic acid groups (broad SMARTS) is 1. The summed E-state index contributed by atoms with van der Waals surface area (Å²) in [5.74, 6) is -1.20. The van der Waals surface area contributed by atoms with Crippen LogP contribution in [0.25, 0.3) is 0 Å².